The molecule has 6 nitrogen and oxygen atoms in total. The minimum absolute atomic E-state index is 0.211. The fraction of sp³-hybridized carbons (Fsp3) is 0.400. The van der Waals surface area contributed by atoms with Crippen LogP contribution in [0.1, 0.15) is 22.0 Å². The molecule has 1 aromatic heterocycles. The lowest BCUT2D eigenvalue weighted by Crippen LogP contribution is -2.26. The highest BCUT2D eigenvalue weighted by molar-refractivity contribution is 5.94. The fourth-order valence-electron chi connectivity index (χ4n) is 2.51. The maximum Gasteiger partial charge on any atom is 0.251 e. The van der Waals surface area contributed by atoms with Crippen LogP contribution < -0.4 is 10.6 Å². The number of rotatable bonds is 4. The lowest BCUT2D eigenvalue weighted by molar-refractivity contribution is 0.0954. The van der Waals surface area contributed by atoms with Crippen molar-refractivity contribution in [1.82, 2.24) is 25.4 Å². The second kappa shape index (κ2) is 6.65. The van der Waals surface area contributed by atoms with Gasteiger partial charge in [0.25, 0.3) is 5.91 Å². The summed E-state index contributed by atoms with van der Waals surface area (Å²) < 4.78 is 14.9. The fourth-order valence-corrected chi connectivity index (χ4v) is 2.51. The number of hydrogen-bond donors (Lipinski definition) is 2. The molecular formula is C15H18FN5O. The van der Waals surface area contributed by atoms with Crippen LogP contribution in [0, 0.1) is 5.82 Å². The van der Waals surface area contributed by atoms with E-state index in [1.165, 1.54) is 24.3 Å². The Balaban J connectivity index is 1.56. The summed E-state index contributed by atoms with van der Waals surface area (Å²) in [5, 5.41) is 14.5. The highest BCUT2D eigenvalue weighted by Crippen LogP contribution is 2.06. The molecule has 116 valence electrons. The summed E-state index contributed by atoms with van der Waals surface area (Å²) in [4.78, 5) is 11.9. The molecule has 0 radical (unpaired) electrons. The van der Waals surface area contributed by atoms with Crippen LogP contribution >= 0.6 is 0 Å². The number of carbonyl (C=O) groups excluding carboxylic acids is 1. The molecule has 1 aliphatic rings. The molecule has 0 aliphatic carbocycles. The van der Waals surface area contributed by atoms with Crippen LogP contribution in [0.25, 0.3) is 0 Å². The van der Waals surface area contributed by atoms with Gasteiger partial charge in [0.05, 0.1) is 0 Å². The Morgan fingerprint density at radius 3 is 2.91 bits per heavy atom. The third-order valence-electron chi connectivity index (χ3n) is 3.68. The molecule has 0 saturated carbocycles. The van der Waals surface area contributed by atoms with Gasteiger partial charge >= 0.3 is 0 Å². The van der Waals surface area contributed by atoms with Gasteiger partial charge in [0, 0.05) is 44.6 Å². The molecule has 1 amide bonds. The Hall–Kier alpha value is -2.28. The van der Waals surface area contributed by atoms with Gasteiger partial charge in [-0.05, 0) is 24.3 Å². The second-order valence-electron chi connectivity index (χ2n) is 5.20. The van der Waals surface area contributed by atoms with E-state index in [1.54, 1.807) is 0 Å². The van der Waals surface area contributed by atoms with E-state index in [-0.39, 0.29) is 11.7 Å². The first-order valence-electron chi connectivity index (χ1n) is 7.39. The van der Waals surface area contributed by atoms with Crippen molar-refractivity contribution in [3.8, 4) is 0 Å². The molecule has 0 saturated heterocycles. The van der Waals surface area contributed by atoms with Crippen molar-refractivity contribution < 1.29 is 9.18 Å². The van der Waals surface area contributed by atoms with Crippen LogP contribution in [0.3, 0.4) is 0 Å². The van der Waals surface area contributed by atoms with Crippen molar-refractivity contribution in [2.45, 2.75) is 19.4 Å². The quantitative estimate of drug-likeness (QED) is 0.864. The first-order valence-corrected chi connectivity index (χ1v) is 7.39. The Bertz CT molecular complexity index is 652. The smallest absolute Gasteiger partial charge is 0.251 e. The molecule has 3 rings (SSSR count). The minimum Gasteiger partial charge on any atom is -0.352 e. The summed E-state index contributed by atoms with van der Waals surface area (Å²) in [5.74, 6) is 1.32. The third kappa shape index (κ3) is 3.30. The molecule has 0 spiro atoms. The number of nitrogens with zero attached hydrogens (tertiary/aromatic N) is 3. The van der Waals surface area contributed by atoms with Crippen molar-refractivity contribution >= 4 is 5.91 Å². The predicted molar refractivity (Wildman–Crippen MR) is 79.0 cm³/mol. The Morgan fingerprint density at radius 2 is 2.09 bits per heavy atom. The number of hydrogen-bond acceptors (Lipinski definition) is 4. The van der Waals surface area contributed by atoms with E-state index < -0.39 is 0 Å². The molecular weight excluding hydrogens is 285 g/mol. The van der Waals surface area contributed by atoms with Gasteiger partial charge < -0.3 is 15.2 Å². The van der Waals surface area contributed by atoms with E-state index in [0.29, 0.717) is 18.5 Å². The van der Waals surface area contributed by atoms with E-state index in [9.17, 15) is 9.18 Å². The van der Waals surface area contributed by atoms with Crippen molar-refractivity contribution in [3.63, 3.8) is 0 Å². The molecule has 0 fully saturated rings. The SMILES string of the molecule is O=C(NCCc1nnc2n1CCNCC2)c1ccc(F)cc1. The number of carbonyl (C=O) groups is 1. The topological polar surface area (TPSA) is 71.8 Å². The van der Waals surface area contributed by atoms with Crippen LogP contribution in [0.4, 0.5) is 4.39 Å². The molecule has 22 heavy (non-hydrogen) atoms. The van der Waals surface area contributed by atoms with Gasteiger partial charge in [0.15, 0.2) is 0 Å². The molecule has 2 aromatic rings. The summed E-state index contributed by atoms with van der Waals surface area (Å²) in [6.07, 6.45) is 1.49. The van der Waals surface area contributed by atoms with Gasteiger partial charge in [0.1, 0.15) is 17.5 Å². The summed E-state index contributed by atoms with van der Waals surface area (Å²) in [6, 6.07) is 5.50. The Kier molecular flexibility index (Phi) is 4.43. The van der Waals surface area contributed by atoms with E-state index in [1.807, 2.05) is 0 Å². The average Bonchev–Trinajstić information content (AvgIpc) is 2.76. The van der Waals surface area contributed by atoms with E-state index in [4.69, 9.17) is 0 Å². The zero-order chi connectivity index (χ0) is 15.4. The van der Waals surface area contributed by atoms with Gasteiger partial charge in [-0.15, -0.1) is 10.2 Å². The van der Waals surface area contributed by atoms with Crippen LogP contribution in [0.5, 0.6) is 0 Å². The Labute approximate surface area is 127 Å². The van der Waals surface area contributed by atoms with Gasteiger partial charge in [-0.1, -0.05) is 0 Å². The predicted octanol–water partition coefficient (Wildman–Crippen LogP) is 0.535. The number of aromatic nitrogens is 3. The first kappa shape index (κ1) is 14.6. The van der Waals surface area contributed by atoms with Crippen LogP contribution in [-0.2, 0) is 19.4 Å². The van der Waals surface area contributed by atoms with Crippen molar-refractivity contribution in [3.05, 3.63) is 47.3 Å². The largest absolute Gasteiger partial charge is 0.352 e. The first-order chi connectivity index (χ1) is 10.7. The average molecular weight is 303 g/mol. The summed E-state index contributed by atoms with van der Waals surface area (Å²) in [7, 11) is 0. The summed E-state index contributed by atoms with van der Waals surface area (Å²) >= 11 is 0. The van der Waals surface area contributed by atoms with Crippen LogP contribution in [0.2, 0.25) is 0 Å². The molecule has 0 bridgehead atoms. The molecule has 0 unspecified atom stereocenters. The maximum atomic E-state index is 12.8. The number of benzene rings is 1. The van der Waals surface area contributed by atoms with Gasteiger partial charge in [-0.3, -0.25) is 4.79 Å². The summed E-state index contributed by atoms with van der Waals surface area (Å²) in [6.45, 7) is 3.14. The zero-order valence-electron chi connectivity index (χ0n) is 12.2. The normalized spacial score (nSPS) is 14.2. The second-order valence-corrected chi connectivity index (χ2v) is 5.20. The van der Waals surface area contributed by atoms with E-state index in [2.05, 4.69) is 25.4 Å². The highest BCUT2D eigenvalue weighted by atomic mass is 19.1. The number of halogens is 1. The lowest BCUT2D eigenvalue weighted by Gasteiger charge is -2.08. The van der Waals surface area contributed by atoms with Gasteiger partial charge in [0.2, 0.25) is 0 Å². The highest BCUT2D eigenvalue weighted by Gasteiger charge is 2.14. The third-order valence-corrected chi connectivity index (χ3v) is 3.68. The molecule has 2 heterocycles. The van der Waals surface area contributed by atoms with E-state index >= 15 is 0 Å². The zero-order valence-corrected chi connectivity index (χ0v) is 12.2. The number of amides is 1. The lowest BCUT2D eigenvalue weighted by atomic mass is 10.2. The molecule has 7 heteroatoms. The van der Waals surface area contributed by atoms with Crippen molar-refractivity contribution in [1.29, 1.82) is 0 Å². The molecule has 0 atom stereocenters. The monoisotopic (exact) mass is 303 g/mol. The molecule has 1 aromatic carbocycles. The van der Waals surface area contributed by atoms with Gasteiger partial charge in [-0.25, -0.2) is 4.39 Å². The standard InChI is InChI=1S/C15H18FN5O/c16-12-3-1-11(2-4-12)15(22)18-8-6-14-20-19-13-5-7-17-9-10-21(13)14/h1-4,17H,5-10H2,(H,18,22). The van der Waals surface area contributed by atoms with E-state index in [0.717, 1.165) is 37.7 Å². The van der Waals surface area contributed by atoms with Crippen molar-refractivity contribution in [2.75, 3.05) is 19.6 Å². The molecule has 1 aliphatic heterocycles. The maximum absolute atomic E-state index is 12.8. The number of nitrogens with one attached hydrogen (secondary N) is 2. The van der Waals surface area contributed by atoms with Crippen molar-refractivity contribution in [2.24, 2.45) is 0 Å². The minimum atomic E-state index is -0.351. The summed E-state index contributed by atoms with van der Waals surface area (Å²) in [5.41, 5.74) is 0.450. The van der Waals surface area contributed by atoms with Crippen LogP contribution in [0.15, 0.2) is 24.3 Å². The molecule has 2 N–H and O–H groups in total. The van der Waals surface area contributed by atoms with Crippen LogP contribution in [-0.4, -0.2) is 40.3 Å². The number of fused-ring (bicyclic) bond motifs is 1. The Morgan fingerprint density at radius 1 is 1.27 bits per heavy atom. The van der Waals surface area contributed by atoms with Gasteiger partial charge in [-0.2, -0.15) is 0 Å².